The van der Waals surface area contributed by atoms with E-state index in [1.165, 1.54) is 21.9 Å². The molecule has 0 radical (unpaired) electrons. The molecule has 2 N–H and O–H groups in total. The van der Waals surface area contributed by atoms with Gasteiger partial charge in [-0.25, -0.2) is 4.98 Å². The average molecular weight is 348 g/mol. The highest BCUT2D eigenvalue weighted by Gasteiger charge is 2.24. The van der Waals surface area contributed by atoms with Crippen molar-refractivity contribution in [2.24, 2.45) is 5.92 Å². The number of hydrogen-bond donors (Lipinski definition) is 2. The van der Waals surface area contributed by atoms with Crippen molar-refractivity contribution >= 4 is 24.2 Å². The van der Waals surface area contributed by atoms with Gasteiger partial charge in [0, 0.05) is 24.7 Å². The molecule has 2 heterocycles. The number of hydrogen-bond acceptors (Lipinski definition) is 3. The van der Waals surface area contributed by atoms with Crippen LogP contribution in [0.4, 0.5) is 5.82 Å². The van der Waals surface area contributed by atoms with Gasteiger partial charge < -0.3 is 14.7 Å². The highest BCUT2D eigenvalue weighted by molar-refractivity contribution is 7.51. The average Bonchev–Trinajstić information content (AvgIpc) is 2.53. The number of fused-ring (bicyclic) bond motifs is 1. The number of pyridine rings is 1. The summed E-state index contributed by atoms with van der Waals surface area (Å²) in [6.45, 7) is 6.04. The Kier molecular flexibility index (Phi) is 4.95. The first-order valence-corrected chi connectivity index (χ1v) is 10.3. The van der Waals surface area contributed by atoms with Crippen LogP contribution in [0.1, 0.15) is 30.4 Å². The van der Waals surface area contributed by atoms with Crippen LogP contribution < -0.4 is 4.90 Å². The zero-order valence-electron chi connectivity index (χ0n) is 14.3. The molecule has 0 spiro atoms. The molecule has 0 atom stereocenters. The Bertz CT molecular complexity index is 779. The van der Waals surface area contributed by atoms with Crippen LogP contribution in [0.2, 0.25) is 0 Å². The Hall–Kier alpha value is -1.42. The van der Waals surface area contributed by atoms with Crippen LogP contribution in [0.15, 0.2) is 24.4 Å². The van der Waals surface area contributed by atoms with Crippen molar-refractivity contribution < 1.29 is 14.4 Å². The van der Waals surface area contributed by atoms with Crippen molar-refractivity contribution in [2.75, 3.05) is 24.2 Å². The van der Waals surface area contributed by atoms with E-state index >= 15 is 0 Å². The Morgan fingerprint density at radius 1 is 1.21 bits per heavy atom. The van der Waals surface area contributed by atoms with Gasteiger partial charge in [0.2, 0.25) is 0 Å². The van der Waals surface area contributed by atoms with E-state index in [0.717, 1.165) is 31.7 Å². The third kappa shape index (κ3) is 3.97. The number of nitrogens with zero attached hydrogens (tertiary/aromatic N) is 2. The molecule has 2 aromatic rings. The van der Waals surface area contributed by atoms with Crippen molar-refractivity contribution in [1.82, 2.24) is 4.98 Å². The van der Waals surface area contributed by atoms with E-state index in [9.17, 15) is 4.57 Å². The number of aryl methyl sites for hydroxylation is 2. The molecule has 0 aliphatic carbocycles. The highest BCUT2D eigenvalue weighted by atomic mass is 31.2. The maximum absolute atomic E-state index is 11.0. The van der Waals surface area contributed by atoms with Crippen LogP contribution >= 0.6 is 7.60 Å². The van der Waals surface area contributed by atoms with Gasteiger partial charge in [-0.2, -0.15) is 0 Å². The SMILES string of the molecule is Cc1cc2ccnc(N3CCC(CCP(=O)(O)O)CC3)c2cc1C. The van der Waals surface area contributed by atoms with Crippen LogP contribution in [-0.4, -0.2) is 34.0 Å². The second kappa shape index (κ2) is 6.83. The fraction of sp³-hybridized carbons (Fsp3) is 0.500. The van der Waals surface area contributed by atoms with Crippen LogP contribution in [0.5, 0.6) is 0 Å². The molecule has 5 nitrogen and oxygen atoms in total. The van der Waals surface area contributed by atoms with E-state index in [0.29, 0.717) is 12.3 Å². The fourth-order valence-electron chi connectivity index (χ4n) is 3.46. The third-order valence-corrected chi connectivity index (χ3v) is 5.94. The first kappa shape index (κ1) is 17.4. The summed E-state index contributed by atoms with van der Waals surface area (Å²) in [4.78, 5) is 25.0. The number of piperidine rings is 1. The predicted octanol–water partition coefficient (Wildman–Crippen LogP) is 3.64. The van der Waals surface area contributed by atoms with Crippen LogP contribution in [0, 0.1) is 19.8 Å². The number of rotatable bonds is 4. The third-order valence-electron chi connectivity index (χ3n) is 5.10. The van der Waals surface area contributed by atoms with Crippen molar-refractivity contribution in [3.63, 3.8) is 0 Å². The molecule has 1 saturated heterocycles. The van der Waals surface area contributed by atoms with E-state index in [4.69, 9.17) is 9.79 Å². The van der Waals surface area contributed by atoms with Crippen molar-refractivity contribution in [1.29, 1.82) is 0 Å². The van der Waals surface area contributed by atoms with Gasteiger partial charge in [0.15, 0.2) is 0 Å². The minimum Gasteiger partial charge on any atom is -0.356 e. The molecule has 6 heteroatoms. The summed E-state index contributed by atoms with van der Waals surface area (Å²) in [5.41, 5.74) is 2.56. The van der Waals surface area contributed by atoms with E-state index in [1.807, 2.05) is 6.20 Å². The minimum absolute atomic E-state index is 0.00263. The summed E-state index contributed by atoms with van der Waals surface area (Å²) < 4.78 is 11.0. The van der Waals surface area contributed by atoms with Crippen molar-refractivity contribution in [2.45, 2.75) is 33.1 Å². The molecule has 3 rings (SSSR count). The van der Waals surface area contributed by atoms with Gasteiger partial charge in [-0.3, -0.25) is 4.57 Å². The molecule has 1 aromatic carbocycles. The lowest BCUT2D eigenvalue weighted by atomic mass is 9.94. The summed E-state index contributed by atoms with van der Waals surface area (Å²) >= 11 is 0. The van der Waals surface area contributed by atoms with Crippen LogP contribution in [0.3, 0.4) is 0 Å². The lowest BCUT2D eigenvalue weighted by Gasteiger charge is -2.33. The molecular formula is C18H25N2O3P. The topological polar surface area (TPSA) is 73.7 Å². The number of anilines is 1. The molecule has 1 aromatic heterocycles. The lowest BCUT2D eigenvalue weighted by Crippen LogP contribution is -2.34. The van der Waals surface area contributed by atoms with E-state index < -0.39 is 7.60 Å². The molecule has 1 aliphatic heterocycles. The molecule has 24 heavy (non-hydrogen) atoms. The summed E-state index contributed by atoms with van der Waals surface area (Å²) in [6, 6.07) is 6.48. The standard InChI is InChI=1S/C18H25N2O3P/c1-13-11-16-3-7-19-18(17(16)12-14(13)2)20-8-4-15(5-9-20)6-10-24(21,22)23/h3,7,11-12,15H,4-6,8-10H2,1-2H3,(H2,21,22,23). The van der Waals surface area contributed by atoms with Gasteiger partial charge >= 0.3 is 7.60 Å². The molecule has 0 amide bonds. The normalized spacial score (nSPS) is 16.8. The molecule has 0 saturated carbocycles. The molecule has 130 valence electrons. The lowest BCUT2D eigenvalue weighted by molar-refractivity contribution is 0.350. The van der Waals surface area contributed by atoms with Crippen LogP contribution in [-0.2, 0) is 4.57 Å². The quantitative estimate of drug-likeness (QED) is 0.826. The Labute approximate surface area is 142 Å². The van der Waals surface area contributed by atoms with E-state index in [2.05, 4.69) is 41.9 Å². The van der Waals surface area contributed by atoms with Gasteiger partial charge in [-0.05, 0) is 67.7 Å². The minimum atomic E-state index is -3.87. The fourth-order valence-corrected chi connectivity index (χ4v) is 4.17. The second-order valence-electron chi connectivity index (χ2n) is 6.90. The zero-order valence-corrected chi connectivity index (χ0v) is 15.2. The summed E-state index contributed by atoms with van der Waals surface area (Å²) in [6.07, 6.45) is 4.40. The number of aromatic nitrogens is 1. The largest absolute Gasteiger partial charge is 0.356 e. The first-order valence-electron chi connectivity index (χ1n) is 8.49. The van der Waals surface area contributed by atoms with E-state index in [1.54, 1.807) is 0 Å². The Morgan fingerprint density at radius 2 is 1.88 bits per heavy atom. The van der Waals surface area contributed by atoms with Crippen LogP contribution in [0.25, 0.3) is 10.8 Å². The predicted molar refractivity (Wildman–Crippen MR) is 97.7 cm³/mol. The Morgan fingerprint density at radius 3 is 2.54 bits per heavy atom. The maximum atomic E-state index is 11.0. The summed E-state index contributed by atoms with van der Waals surface area (Å²) in [5, 5.41) is 2.40. The van der Waals surface area contributed by atoms with E-state index in [-0.39, 0.29) is 6.16 Å². The van der Waals surface area contributed by atoms with Crippen molar-refractivity contribution in [3.05, 3.63) is 35.5 Å². The summed E-state index contributed by atoms with van der Waals surface area (Å²) in [7, 11) is -3.87. The van der Waals surface area contributed by atoms with Crippen molar-refractivity contribution in [3.8, 4) is 0 Å². The van der Waals surface area contributed by atoms with Gasteiger partial charge in [0.25, 0.3) is 0 Å². The van der Waals surface area contributed by atoms with Gasteiger partial charge in [0.1, 0.15) is 5.82 Å². The number of benzene rings is 1. The molecule has 1 fully saturated rings. The molecule has 0 bridgehead atoms. The second-order valence-corrected chi connectivity index (χ2v) is 8.68. The van der Waals surface area contributed by atoms with Gasteiger partial charge in [-0.15, -0.1) is 0 Å². The molecule has 0 unspecified atom stereocenters. The monoisotopic (exact) mass is 348 g/mol. The maximum Gasteiger partial charge on any atom is 0.325 e. The summed E-state index contributed by atoms with van der Waals surface area (Å²) in [5.74, 6) is 1.43. The molecule has 1 aliphatic rings. The highest BCUT2D eigenvalue weighted by Crippen LogP contribution is 2.38. The first-order chi connectivity index (χ1) is 11.3. The Balaban J connectivity index is 1.74. The van der Waals surface area contributed by atoms with Gasteiger partial charge in [-0.1, -0.05) is 6.07 Å². The molecular weight excluding hydrogens is 323 g/mol. The smallest absolute Gasteiger partial charge is 0.325 e. The van der Waals surface area contributed by atoms with Gasteiger partial charge in [0.05, 0.1) is 6.16 Å². The zero-order chi connectivity index (χ0) is 17.3.